The molecule has 0 saturated heterocycles. The topological polar surface area (TPSA) is 48.9 Å². The molecule has 5 heteroatoms. The summed E-state index contributed by atoms with van der Waals surface area (Å²) in [7, 11) is 0. The van der Waals surface area contributed by atoms with E-state index in [1.165, 1.54) is 6.92 Å². The van der Waals surface area contributed by atoms with Crippen LogP contribution in [0.5, 0.6) is 0 Å². The second kappa shape index (κ2) is 2.53. The van der Waals surface area contributed by atoms with Crippen molar-refractivity contribution in [1.82, 2.24) is 9.97 Å². The summed E-state index contributed by atoms with van der Waals surface area (Å²) >= 11 is 0. The van der Waals surface area contributed by atoms with Gasteiger partial charge in [-0.3, -0.25) is 0 Å². The molecule has 1 fully saturated rings. The fourth-order valence-electron chi connectivity index (χ4n) is 1.46. The number of aliphatic hydroxyl groups is 1. The zero-order chi connectivity index (χ0) is 10.6. The molecule has 1 aromatic rings. The number of aromatic amines is 1. The molecule has 0 unspecified atom stereocenters. The number of nitrogens with zero attached hydrogens (tertiary/aromatic N) is 1. The minimum absolute atomic E-state index is 0.270. The van der Waals surface area contributed by atoms with Crippen molar-refractivity contribution in [1.29, 1.82) is 0 Å². The number of hydrogen-bond donors (Lipinski definition) is 2. The minimum atomic E-state index is -2.95. The van der Waals surface area contributed by atoms with Gasteiger partial charge in [0.1, 0.15) is 17.1 Å². The van der Waals surface area contributed by atoms with E-state index in [1.54, 1.807) is 0 Å². The Balaban J connectivity index is 2.40. The Morgan fingerprint density at radius 2 is 2.07 bits per heavy atom. The molecule has 1 aliphatic carbocycles. The number of rotatable bonds is 2. The summed E-state index contributed by atoms with van der Waals surface area (Å²) in [5.41, 5.74) is -0.922. The van der Waals surface area contributed by atoms with Crippen LogP contribution in [0, 0.1) is 6.92 Å². The third-order valence-corrected chi connectivity index (χ3v) is 2.46. The highest BCUT2D eigenvalue weighted by molar-refractivity contribution is 5.23. The van der Waals surface area contributed by atoms with Crippen molar-refractivity contribution in [2.75, 3.05) is 0 Å². The summed E-state index contributed by atoms with van der Waals surface area (Å²) in [6.45, 7) is 2.34. The first-order valence-electron chi connectivity index (χ1n) is 4.51. The van der Waals surface area contributed by atoms with Crippen molar-refractivity contribution in [2.24, 2.45) is 0 Å². The summed E-state index contributed by atoms with van der Waals surface area (Å²) in [5, 5.41) is 9.66. The van der Waals surface area contributed by atoms with Gasteiger partial charge in [0.05, 0.1) is 0 Å². The summed E-state index contributed by atoms with van der Waals surface area (Å²) in [6, 6.07) is 0. The summed E-state index contributed by atoms with van der Waals surface area (Å²) in [4.78, 5) is 6.47. The number of alkyl halides is 2. The Kier molecular flexibility index (Phi) is 1.73. The second-order valence-corrected chi connectivity index (χ2v) is 3.98. The Hall–Kier alpha value is -0.970. The first-order valence-corrected chi connectivity index (χ1v) is 4.51. The number of aryl methyl sites for hydroxylation is 1. The van der Waals surface area contributed by atoms with Gasteiger partial charge in [-0.15, -0.1) is 0 Å². The van der Waals surface area contributed by atoms with Crippen molar-refractivity contribution in [2.45, 2.75) is 38.2 Å². The van der Waals surface area contributed by atoms with Crippen LogP contribution in [-0.2, 0) is 11.5 Å². The molecule has 0 atom stereocenters. The van der Waals surface area contributed by atoms with Crippen molar-refractivity contribution < 1.29 is 13.9 Å². The van der Waals surface area contributed by atoms with Crippen LogP contribution >= 0.6 is 0 Å². The fourth-order valence-corrected chi connectivity index (χ4v) is 1.46. The molecule has 78 valence electrons. The maximum absolute atomic E-state index is 13.0. The maximum Gasteiger partial charge on any atom is 0.288 e. The monoisotopic (exact) mass is 202 g/mol. The number of hydrogen-bond acceptors (Lipinski definition) is 2. The van der Waals surface area contributed by atoms with Gasteiger partial charge in [-0.2, -0.15) is 8.78 Å². The van der Waals surface area contributed by atoms with E-state index in [2.05, 4.69) is 9.97 Å². The second-order valence-electron chi connectivity index (χ2n) is 3.98. The molecule has 0 bridgehead atoms. The van der Waals surface area contributed by atoms with Crippen LogP contribution in [0.1, 0.15) is 37.0 Å². The van der Waals surface area contributed by atoms with Gasteiger partial charge < -0.3 is 10.1 Å². The largest absolute Gasteiger partial charge is 0.382 e. The zero-order valence-electron chi connectivity index (χ0n) is 8.06. The van der Waals surface area contributed by atoms with E-state index in [4.69, 9.17) is 0 Å². The van der Waals surface area contributed by atoms with Crippen LogP contribution in [0.15, 0.2) is 0 Å². The molecule has 1 heterocycles. The standard InChI is InChI=1S/C9H12F2N2O/c1-5-6(8(2,10)11)13-7(12-5)9(14)3-4-9/h14H,3-4H2,1-2H3,(H,12,13). The Morgan fingerprint density at radius 1 is 1.50 bits per heavy atom. The molecule has 3 nitrogen and oxygen atoms in total. The van der Waals surface area contributed by atoms with Crippen LogP contribution in [-0.4, -0.2) is 15.1 Å². The lowest BCUT2D eigenvalue weighted by atomic mass is 10.2. The fraction of sp³-hybridized carbons (Fsp3) is 0.667. The van der Waals surface area contributed by atoms with E-state index >= 15 is 0 Å². The van der Waals surface area contributed by atoms with E-state index in [-0.39, 0.29) is 11.5 Å². The van der Waals surface area contributed by atoms with Gasteiger partial charge in [-0.1, -0.05) is 0 Å². The van der Waals surface area contributed by atoms with Gasteiger partial charge in [0.15, 0.2) is 0 Å². The van der Waals surface area contributed by atoms with Crippen LogP contribution in [0.2, 0.25) is 0 Å². The van der Waals surface area contributed by atoms with Gasteiger partial charge in [-0.05, 0) is 19.8 Å². The number of halogens is 2. The van der Waals surface area contributed by atoms with Gasteiger partial charge in [0.25, 0.3) is 5.92 Å². The van der Waals surface area contributed by atoms with E-state index in [1.807, 2.05) is 0 Å². The van der Waals surface area contributed by atoms with Crippen LogP contribution in [0.4, 0.5) is 8.78 Å². The molecular weight excluding hydrogens is 190 g/mol. The van der Waals surface area contributed by atoms with Crippen LogP contribution in [0.3, 0.4) is 0 Å². The number of aromatic nitrogens is 2. The molecule has 0 amide bonds. The highest BCUT2D eigenvalue weighted by atomic mass is 19.3. The molecule has 1 saturated carbocycles. The molecule has 1 aromatic heterocycles. The molecule has 0 aromatic carbocycles. The molecule has 2 N–H and O–H groups in total. The molecule has 0 spiro atoms. The van der Waals surface area contributed by atoms with E-state index in [9.17, 15) is 13.9 Å². The first kappa shape index (κ1) is 9.58. The van der Waals surface area contributed by atoms with Crippen molar-refractivity contribution in [3.05, 3.63) is 17.2 Å². The van der Waals surface area contributed by atoms with Gasteiger partial charge in [-0.25, -0.2) is 4.98 Å². The highest BCUT2D eigenvalue weighted by Crippen LogP contribution is 2.44. The highest BCUT2D eigenvalue weighted by Gasteiger charge is 2.46. The summed E-state index contributed by atoms with van der Waals surface area (Å²) in [6.07, 6.45) is 1.18. The quantitative estimate of drug-likeness (QED) is 0.768. The zero-order valence-corrected chi connectivity index (χ0v) is 8.06. The third-order valence-electron chi connectivity index (χ3n) is 2.46. The predicted molar refractivity (Wildman–Crippen MR) is 46.0 cm³/mol. The average molecular weight is 202 g/mol. The Bertz CT molecular complexity index is 363. The maximum atomic E-state index is 13.0. The van der Waals surface area contributed by atoms with Crippen LogP contribution < -0.4 is 0 Å². The normalized spacial score (nSPS) is 19.8. The number of imidazole rings is 1. The van der Waals surface area contributed by atoms with Crippen molar-refractivity contribution in [3.8, 4) is 0 Å². The molecule has 0 radical (unpaired) electrons. The van der Waals surface area contributed by atoms with Gasteiger partial charge >= 0.3 is 0 Å². The van der Waals surface area contributed by atoms with Gasteiger partial charge in [0.2, 0.25) is 0 Å². The summed E-state index contributed by atoms with van der Waals surface area (Å²) in [5.74, 6) is -2.68. The minimum Gasteiger partial charge on any atom is -0.382 e. The molecule has 14 heavy (non-hydrogen) atoms. The smallest absolute Gasteiger partial charge is 0.288 e. The molecule has 0 aliphatic heterocycles. The van der Waals surface area contributed by atoms with Gasteiger partial charge in [0, 0.05) is 12.6 Å². The predicted octanol–water partition coefficient (Wildman–Crippen LogP) is 1.81. The molecule has 2 rings (SSSR count). The van der Waals surface area contributed by atoms with E-state index in [0.29, 0.717) is 18.5 Å². The summed E-state index contributed by atoms with van der Waals surface area (Å²) < 4.78 is 25.9. The SMILES string of the molecule is Cc1[nH]c(C2(O)CC2)nc1C(C)(F)F. The third kappa shape index (κ3) is 1.41. The lowest BCUT2D eigenvalue weighted by Gasteiger charge is -2.06. The molecule has 1 aliphatic rings. The average Bonchev–Trinajstić information content (AvgIpc) is 2.61. The number of H-pyrrole nitrogens is 1. The van der Waals surface area contributed by atoms with Crippen molar-refractivity contribution in [3.63, 3.8) is 0 Å². The van der Waals surface area contributed by atoms with E-state index < -0.39 is 11.5 Å². The lowest BCUT2D eigenvalue weighted by molar-refractivity contribution is 0.0121. The van der Waals surface area contributed by atoms with Crippen LogP contribution in [0.25, 0.3) is 0 Å². The Labute approximate surface area is 80.2 Å². The molecular formula is C9H12F2N2O. The first-order chi connectivity index (χ1) is 6.33. The Morgan fingerprint density at radius 3 is 2.43 bits per heavy atom. The van der Waals surface area contributed by atoms with Crippen molar-refractivity contribution >= 4 is 0 Å². The van der Waals surface area contributed by atoms with E-state index in [0.717, 1.165) is 6.92 Å². The number of nitrogens with one attached hydrogen (secondary N) is 1. The lowest BCUT2D eigenvalue weighted by Crippen LogP contribution is -2.11.